The molecule has 0 radical (unpaired) electrons. The van der Waals surface area contributed by atoms with Gasteiger partial charge in [0, 0.05) is 21.7 Å². The predicted octanol–water partition coefficient (Wildman–Crippen LogP) is 5.96. The summed E-state index contributed by atoms with van der Waals surface area (Å²) in [5, 5.41) is 1.62. The number of halogens is 3. The molecule has 0 aliphatic heterocycles. The third-order valence-electron chi connectivity index (χ3n) is 2.76. The molecule has 0 aliphatic carbocycles. The summed E-state index contributed by atoms with van der Waals surface area (Å²) in [7, 11) is 3.25. The quantitative estimate of drug-likeness (QED) is 0.611. The van der Waals surface area contributed by atoms with Gasteiger partial charge in [0.1, 0.15) is 11.5 Å². The normalized spacial score (nSPS) is 10.5. The molecule has 0 saturated heterocycles. The van der Waals surface area contributed by atoms with Crippen LogP contribution in [0.5, 0.6) is 11.5 Å². The maximum absolute atomic E-state index is 6.18. The number of benzene rings is 2. The lowest BCUT2D eigenvalue weighted by molar-refractivity contribution is 0.393. The van der Waals surface area contributed by atoms with Gasteiger partial charge >= 0.3 is 0 Å². The second kappa shape index (κ2) is 7.50. The molecule has 0 spiro atoms. The summed E-state index contributed by atoms with van der Waals surface area (Å²) in [6.45, 7) is 0. The van der Waals surface area contributed by atoms with Crippen molar-refractivity contribution in [2.45, 2.75) is 10.6 Å². The van der Waals surface area contributed by atoms with Crippen LogP contribution in [0, 0.1) is 0 Å². The van der Waals surface area contributed by atoms with E-state index < -0.39 is 0 Å². The Morgan fingerprint density at radius 3 is 1.86 bits per heavy atom. The van der Waals surface area contributed by atoms with Crippen molar-refractivity contribution in [3.05, 3.63) is 51.0 Å². The topological polar surface area (TPSA) is 18.5 Å². The maximum Gasteiger partial charge on any atom is 0.122 e. The minimum absolute atomic E-state index is 0.525. The lowest BCUT2D eigenvalue weighted by Crippen LogP contribution is -1.90. The highest BCUT2D eigenvalue weighted by Gasteiger charge is 2.10. The van der Waals surface area contributed by atoms with Gasteiger partial charge in [-0.2, -0.15) is 0 Å². The van der Waals surface area contributed by atoms with Crippen LogP contribution in [-0.4, -0.2) is 14.2 Å². The standard InChI is InChI=1S/C15H13Cl3O2S/c1-19-11-3-9(4-12(7-11)20-2)8-21-15-13(17)5-10(16)6-14(15)18/h3-7H,8H2,1-2H3. The summed E-state index contributed by atoms with van der Waals surface area (Å²) in [6.07, 6.45) is 0. The van der Waals surface area contributed by atoms with E-state index in [1.165, 1.54) is 0 Å². The van der Waals surface area contributed by atoms with E-state index >= 15 is 0 Å². The zero-order chi connectivity index (χ0) is 15.4. The Hall–Kier alpha value is -0.740. The summed E-state index contributed by atoms with van der Waals surface area (Å²) in [4.78, 5) is 0.810. The van der Waals surface area contributed by atoms with E-state index in [2.05, 4.69) is 0 Å². The molecule has 2 aromatic rings. The number of thioether (sulfide) groups is 1. The van der Waals surface area contributed by atoms with E-state index in [1.807, 2.05) is 18.2 Å². The van der Waals surface area contributed by atoms with Crippen LogP contribution in [0.15, 0.2) is 35.2 Å². The van der Waals surface area contributed by atoms with Crippen LogP contribution >= 0.6 is 46.6 Å². The number of hydrogen-bond donors (Lipinski definition) is 0. The summed E-state index contributed by atoms with van der Waals surface area (Å²) in [6, 6.07) is 9.10. The molecule has 0 amide bonds. The molecule has 21 heavy (non-hydrogen) atoms. The van der Waals surface area contributed by atoms with E-state index in [1.54, 1.807) is 38.1 Å². The summed E-state index contributed by atoms with van der Waals surface area (Å²) in [5.74, 6) is 2.19. The summed E-state index contributed by atoms with van der Waals surface area (Å²) < 4.78 is 10.5. The van der Waals surface area contributed by atoms with Crippen LogP contribution < -0.4 is 9.47 Å². The smallest absolute Gasteiger partial charge is 0.122 e. The molecule has 0 unspecified atom stereocenters. The summed E-state index contributed by atoms with van der Waals surface area (Å²) in [5.41, 5.74) is 1.05. The Morgan fingerprint density at radius 1 is 0.857 bits per heavy atom. The Morgan fingerprint density at radius 2 is 1.38 bits per heavy atom. The first kappa shape index (κ1) is 16.6. The van der Waals surface area contributed by atoms with Crippen molar-refractivity contribution in [3.63, 3.8) is 0 Å². The minimum Gasteiger partial charge on any atom is -0.497 e. The third-order valence-corrected chi connectivity index (χ3v) is 5.00. The molecule has 112 valence electrons. The molecule has 0 saturated carbocycles. The largest absolute Gasteiger partial charge is 0.497 e. The van der Waals surface area contributed by atoms with Gasteiger partial charge < -0.3 is 9.47 Å². The number of methoxy groups -OCH3 is 2. The molecule has 0 atom stereocenters. The second-order valence-electron chi connectivity index (χ2n) is 4.21. The van der Waals surface area contributed by atoms with Crippen LogP contribution in [-0.2, 0) is 5.75 Å². The highest BCUT2D eigenvalue weighted by molar-refractivity contribution is 7.98. The average molecular weight is 364 g/mol. The molecule has 2 aromatic carbocycles. The first-order chi connectivity index (χ1) is 10.0. The zero-order valence-electron chi connectivity index (χ0n) is 11.5. The molecule has 0 heterocycles. The van der Waals surface area contributed by atoms with Crippen molar-refractivity contribution >= 4 is 46.6 Å². The lowest BCUT2D eigenvalue weighted by atomic mass is 10.2. The minimum atomic E-state index is 0.525. The van der Waals surface area contributed by atoms with Crippen LogP contribution in [0.2, 0.25) is 15.1 Å². The third kappa shape index (κ3) is 4.36. The monoisotopic (exact) mass is 362 g/mol. The van der Waals surface area contributed by atoms with Crippen molar-refractivity contribution in [1.82, 2.24) is 0 Å². The van der Waals surface area contributed by atoms with Gasteiger partial charge in [-0.1, -0.05) is 34.8 Å². The fourth-order valence-electron chi connectivity index (χ4n) is 1.77. The number of rotatable bonds is 5. The molecule has 2 rings (SSSR count). The van der Waals surface area contributed by atoms with Gasteiger partial charge in [-0.15, -0.1) is 11.8 Å². The Balaban J connectivity index is 2.20. The lowest BCUT2D eigenvalue weighted by Gasteiger charge is -2.10. The van der Waals surface area contributed by atoms with E-state index in [0.29, 0.717) is 20.8 Å². The highest BCUT2D eigenvalue weighted by atomic mass is 35.5. The number of hydrogen-bond acceptors (Lipinski definition) is 3. The van der Waals surface area contributed by atoms with Crippen molar-refractivity contribution in [2.24, 2.45) is 0 Å². The molecule has 2 nitrogen and oxygen atoms in total. The Labute approximate surface area is 143 Å². The fourth-order valence-corrected chi connectivity index (χ4v) is 3.79. The number of ether oxygens (including phenoxy) is 2. The van der Waals surface area contributed by atoms with Gasteiger partial charge in [0.2, 0.25) is 0 Å². The average Bonchev–Trinajstić information content (AvgIpc) is 2.45. The van der Waals surface area contributed by atoms with Gasteiger partial charge in [-0.05, 0) is 29.8 Å². The van der Waals surface area contributed by atoms with E-state index in [0.717, 1.165) is 22.0 Å². The van der Waals surface area contributed by atoms with E-state index in [-0.39, 0.29) is 0 Å². The second-order valence-corrected chi connectivity index (χ2v) is 6.44. The molecule has 0 bridgehead atoms. The molecule has 0 fully saturated rings. The maximum atomic E-state index is 6.18. The van der Waals surface area contributed by atoms with E-state index in [9.17, 15) is 0 Å². The highest BCUT2D eigenvalue weighted by Crippen LogP contribution is 2.38. The molecule has 0 aromatic heterocycles. The summed E-state index contributed by atoms with van der Waals surface area (Å²) >= 11 is 19.8. The van der Waals surface area contributed by atoms with Crippen molar-refractivity contribution < 1.29 is 9.47 Å². The Kier molecular flexibility index (Phi) is 5.94. The molecule has 0 N–H and O–H groups in total. The van der Waals surface area contributed by atoms with Crippen LogP contribution in [0.25, 0.3) is 0 Å². The van der Waals surface area contributed by atoms with Crippen LogP contribution in [0.1, 0.15) is 5.56 Å². The predicted molar refractivity (Wildman–Crippen MR) is 90.6 cm³/mol. The van der Waals surface area contributed by atoms with Gasteiger partial charge in [-0.25, -0.2) is 0 Å². The van der Waals surface area contributed by atoms with Crippen molar-refractivity contribution in [1.29, 1.82) is 0 Å². The van der Waals surface area contributed by atoms with Crippen molar-refractivity contribution in [2.75, 3.05) is 14.2 Å². The SMILES string of the molecule is COc1cc(CSc2c(Cl)cc(Cl)cc2Cl)cc(OC)c1. The molecule has 0 aliphatic rings. The van der Waals surface area contributed by atoms with Crippen molar-refractivity contribution in [3.8, 4) is 11.5 Å². The van der Waals surface area contributed by atoms with Gasteiger partial charge in [0.05, 0.1) is 24.3 Å². The van der Waals surface area contributed by atoms with Crippen LogP contribution in [0.4, 0.5) is 0 Å². The van der Waals surface area contributed by atoms with Crippen LogP contribution in [0.3, 0.4) is 0 Å². The first-order valence-corrected chi connectivity index (χ1v) is 8.14. The van der Waals surface area contributed by atoms with Gasteiger partial charge in [-0.3, -0.25) is 0 Å². The first-order valence-electron chi connectivity index (χ1n) is 6.02. The molecular formula is C15H13Cl3O2S. The zero-order valence-corrected chi connectivity index (χ0v) is 14.5. The Bertz CT molecular complexity index is 602. The van der Waals surface area contributed by atoms with Gasteiger partial charge in [0.15, 0.2) is 0 Å². The van der Waals surface area contributed by atoms with Gasteiger partial charge in [0.25, 0.3) is 0 Å². The van der Waals surface area contributed by atoms with E-state index in [4.69, 9.17) is 44.3 Å². The molecular weight excluding hydrogens is 351 g/mol. The molecule has 6 heteroatoms. The fraction of sp³-hybridized carbons (Fsp3) is 0.200.